The fraction of sp³-hybridized carbons (Fsp3) is 0.588. The third-order valence-corrected chi connectivity index (χ3v) is 5.03. The number of carbonyl (C=O) groups excluding carboxylic acids is 1. The van der Waals surface area contributed by atoms with Gasteiger partial charge in [0.25, 0.3) is 0 Å². The monoisotopic (exact) mass is 323 g/mol. The number of nitrogens with zero attached hydrogens (tertiary/aromatic N) is 2. The fourth-order valence-corrected chi connectivity index (χ4v) is 3.55. The second-order valence-corrected chi connectivity index (χ2v) is 6.98. The van der Waals surface area contributed by atoms with E-state index in [0.717, 1.165) is 38.2 Å². The van der Waals surface area contributed by atoms with Gasteiger partial charge in [-0.1, -0.05) is 32.0 Å². The van der Waals surface area contributed by atoms with Crippen molar-refractivity contribution in [3.05, 3.63) is 30.3 Å². The number of nitrogens with two attached hydrogens (primary N) is 1. The minimum atomic E-state index is 0. The largest absolute Gasteiger partial charge is 0.327 e. The van der Waals surface area contributed by atoms with E-state index in [1.54, 1.807) is 0 Å². The van der Waals surface area contributed by atoms with Gasteiger partial charge in [-0.2, -0.15) is 0 Å². The molecule has 0 aromatic heterocycles. The first kappa shape index (κ1) is 17.3. The van der Waals surface area contributed by atoms with Gasteiger partial charge >= 0.3 is 0 Å². The summed E-state index contributed by atoms with van der Waals surface area (Å²) in [5.41, 5.74) is 7.30. The SMILES string of the molecule is CC1(C)CN(C2CCN(c3ccccc3)C2=O)CCC1N.Cl. The summed E-state index contributed by atoms with van der Waals surface area (Å²) in [6.07, 6.45) is 1.89. The molecule has 0 aliphatic carbocycles. The van der Waals surface area contributed by atoms with Crippen LogP contribution < -0.4 is 10.6 Å². The maximum atomic E-state index is 12.8. The zero-order valence-corrected chi connectivity index (χ0v) is 14.2. The summed E-state index contributed by atoms with van der Waals surface area (Å²) in [4.78, 5) is 17.0. The molecule has 0 saturated carbocycles. The Bertz CT molecular complexity index is 520. The average molecular weight is 324 g/mol. The van der Waals surface area contributed by atoms with E-state index in [0.29, 0.717) is 0 Å². The van der Waals surface area contributed by atoms with E-state index in [-0.39, 0.29) is 35.8 Å². The van der Waals surface area contributed by atoms with Crippen molar-refractivity contribution in [3.63, 3.8) is 0 Å². The zero-order valence-electron chi connectivity index (χ0n) is 13.4. The summed E-state index contributed by atoms with van der Waals surface area (Å²) in [7, 11) is 0. The predicted molar refractivity (Wildman–Crippen MR) is 92.4 cm³/mol. The number of benzene rings is 1. The van der Waals surface area contributed by atoms with E-state index in [9.17, 15) is 4.79 Å². The van der Waals surface area contributed by atoms with E-state index in [4.69, 9.17) is 5.73 Å². The lowest BCUT2D eigenvalue weighted by molar-refractivity contribution is -0.122. The Hall–Kier alpha value is -1.10. The molecule has 22 heavy (non-hydrogen) atoms. The second kappa shape index (κ2) is 6.57. The molecule has 0 spiro atoms. The summed E-state index contributed by atoms with van der Waals surface area (Å²) in [6, 6.07) is 10.2. The highest BCUT2D eigenvalue weighted by atomic mass is 35.5. The molecule has 1 aromatic rings. The van der Waals surface area contributed by atoms with Crippen LogP contribution in [0.3, 0.4) is 0 Å². The van der Waals surface area contributed by atoms with Gasteiger partial charge in [0.15, 0.2) is 0 Å². The summed E-state index contributed by atoms with van der Waals surface area (Å²) in [6.45, 7) is 7.07. The molecule has 122 valence electrons. The van der Waals surface area contributed by atoms with Gasteiger partial charge in [0.05, 0.1) is 6.04 Å². The number of piperidine rings is 1. The van der Waals surface area contributed by atoms with E-state index < -0.39 is 0 Å². The van der Waals surface area contributed by atoms with Crippen molar-refractivity contribution in [2.24, 2.45) is 11.1 Å². The summed E-state index contributed by atoms with van der Waals surface area (Å²) in [5.74, 6) is 0.243. The Morgan fingerprint density at radius 1 is 1.14 bits per heavy atom. The number of carbonyl (C=O) groups is 1. The third-order valence-electron chi connectivity index (χ3n) is 5.03. The molecule has 2 fully saturated rings. The summed E-state index contributed by atoms with van der Waals surface area (Å²) < 4.78 is 0. The molecule has 3 rings (SSSR count). The molecule has 0 radical (unpaired) electrons. The molecule has 2 atom stereocenters. The molecular weight excluding hydrogens is 298 g/mol. The lowest BCUT2D eigenvalue weighted by Gasteiger charge is -2.44. The number of rotatable bonds is 2. The van der Waals surface area contributed by atoms with Crippen molar-refractivity contribution >= 4 is 24.0 Å². The number of hydrogen-bond donors (Lipinski definition) is 1. The molecule has 1 aromatic carbocycles. The smallest absolute Gasteiger partial charge is 0.244 e. The minimum absolute atomic E-state index is 0. The van der Waals surface area contributed by atoms with Gasteiger partial charge in [-0.05, 0) is 30.4 Å². The molecule has 2 N–H and O–H groups in total. The van der Waals surface area contributed by atoms with E-state index in [1.807, 2.05) is 35.2 Å². The Balaban J connectivity index is 0.00000176. The van der Waals surface area contributed by atoms with Crippen LogP contribution in [0.15, 0.2) is 30.3 Å². The van der Waals surface area contributed by atoms with Crippen LogP contribution in [0.4, 0.5) is 5.69 Å². The van der Waals surface area contributed by atoms with Gasteiger partial charge in [0, 0.05) is 31.4 Å². The standard InChI is InChI=1S/C17H25N3O.ClH/c1-17(2)12-19(10-9-15(17)18)14-8-11-20(16(14)21)13-6-4-3-5-7-13;/h3-7,14-15H,8-12,18H2,1-2H3;1H. The quantitative estimate of drug-likeness (QED) is 0.908. The minimum Gasteiger partial charge on any atom is -0.327 e. The van der Waals surface area contributed by atoms with Crippen molar-refractivity contribution in [1.29, 1.82) is 0 Å². The average Bonchev–Trinajstić information content (AvgIpc) is 2.85. The number of para-hydroxylation sites is 1. The Kier molecular flexibility index (Phi) is 5.15. The van der Waals surface area contributed by atoms with Crippen molar-refractivity contribution in [2.45, 2.75) is 38.8 Å². The molecule has 1 amide bonds. The van der Waals surface area contributed by atoms with Crippen LogP contribution in [-0.2, 0) is 4.79 Å². The molecular formula is C17H26ClN3O. The first-order chi connectivity index (χ1) is 9.99. The maximum absolute atomic E-state index is 12.8. The van der Waals surface area contributed by atoms with E-state index in [2.05, 4.69) is 18.7 Å². The Labute approximate surface area is 139 Å². The van der Waals surface area contributed by atoms with Gasteiger partial charge in [0.1, 0.15) is 0 Å². The van der Waals surface area contributed by atoms with Crippen LogP contribution in [0, 0.1) is 5.41 Å². The number of anilines is 1. The first-order valence-electron chi connectivity index (χ1n) is 7.85. The van der Waals surface area contributed by atoms with Gasteiger partial charge in [0.2, 0.25) is 5.91 Å². The van der Waals surface area contributed by atoms with Crippen molar-refractivity contribution in [1.82, 2.24) is 4.90 Å². The number of likely N-dealkylation sites (tertiary alicyclic amines) is 1. The molecule has 2 aliphatic rings. The molecule has 4 nitrogen and oxygen atoms in total. The van der Waals surface area contributed by atoms with Crippen LogP contribution in [-0.4, -0.2) is 42.5 Å². The van der Waals surface area contributed by atoms with E-state index >= 15 is 0 Å². The number of amides is 1. The first-order valence-corrected chi connectivity index (χ1v) is 7.85. The predicted octanol–water partition coefficient (Wildman–Crippen LogP) is 2.27. The van der Waals surface area contributed by atoms with Gasteiger partial charge in [-0.3, -0.25) is 9.69 Å². The molecule has 2 heterocycles. The molecule has 5 heteroatoms. The van der Waals surface area contributed by atoms with Crippen molar-refractivity contribution < 1.29 is 4.79 Å². The fourth-order valence-electron chi connectivity index (χ4n) is 3.55. The van der Waals surface area contributed by atoms with Crippen LogP contribution in [0.2, 0.25) is 0 Å². The highest BCUT2D eigenvalue weighted by Crippen LogP contribution is 2.32. The van der Waals surface area contributed by atoms with Gasteiger partial charge < -0.3 is 10.6 Å². The molecule has 2 aliphatic heterocycles. The third kappa shape index (κ3) is 3.14. The number of hydrogen-bond acceptors (Lipinski definition) is 3. The van der Waals surface area contributed by atoms with Gasteiger partial charge in [-0.25, -0.2) is 0 Å². The van der Waals surface area contributed by atoms with Gasteiger partial charge in [-0.15, -0.1) is 12.4 Å². The van der Waals surface area contributed by atoms with Crippen molar-refractivity contribution in [3.8, 4) is 0 Å². The molecule has 0 bridgehead atoms. The maximum Gasteiger partial charge on any atom is 0.244 e. The normalized spacial score (nSPS) is 28.5. The van der Waals surface area contributed by atoms with Crippen molar-refractivity contribution in [2.75, 3.05) is 24.5 Å². The highest BCUT2D eigenvalue weighted by Gasteiger charge is 2.42. The summed E-state index contributed by atoms with van der Waals surface area (Å²) in [5, 5.41) is 0. The van der Waals surface area contributed by atoms with Crippen LogP contribution in [0.25, 0.3) is 0 Å². The van der Waals surface area contributed by atoms with Crippen LogP contribution in [0.5, 0.6) is 0 Å². The van der Waals surface area contributed by atoms with Crippen LogP contribution in [0.1, 0.15) is 26.7 Å². The highest BCUT2D eigenvalue weighted by molar-refractivity contribution is 5.99. The Morgan fingerprint density at radius 2 is 1.82 bits per heavy atom. The molecule has 2 unspecified atom stereocenters. The lowest BCUT2D eigenvalue weighted by atomic mass is 9.79. The zero-order chi connectivity index (χ0) is 15.0. The van der Waals surface area contributed by atoms with Crippen LogP contribution >= 0.6 is 12.4 Å². The second-order valence-electron chi connectivity index (χ2n) is 6.98. The lowest BCUT2D eigenvalue weighted by Crippen LogP contribution is -2.56. The Morgan fingerprint density at radius 3 is 2.45 bits per heavy atom. The summed E-state index contributed by atoms with van der Waals surface area (Å²) >= 11 is 0. The molecule has 2 saturated heterocycles. The topological polar surface area (TPSA) is 49.6 Å². The number of halogens is 1. The van der Waals surface area contributed by atoms with E-state index in [1.165, 1.54) is 0 Å².